The van der Waals surface area contributed by atoms with Crippen molar-refractivity contribution in [3.63, 3.8) is 0 Å². The molecule has 0 spiro atoms. The van der Waals surface area contributed by atoms with Crippen molar-refractivity contribution in [3.8, 4) is 16.9 Å². The number of benzene rings is 4. The predicted molar refractivity (Wildman–Crippen MR) is 147 cm³/mol. The van der Waals surface area contributed by atoms with E-state index < -0.39 is 0 Å². The summed E-state index contributed by atoms with van der Waals surface area (Å²) in [7, 11) is 3.45. The molecule has 37 heavy (non-hydrogen) atoms. The molecule has 6 nitrogen and oxygen atoms in total. The van der Waals surface area contributed by atoms with E-state index >= 15 is 0 Å². The molecule has 1 saturated heterocycles. The maximum atomic E-state index is 13.1. The van der Waals surface area contributed by atoms with Crippen molar-refractivity contribution in [2.24, 2.45) is 0 Å². The second-order valence-corrected chi connectivity index (χ2v) is 10.2. The van der Waals surface area contributed by atoms with E-state index in [1.165, 1.54) is 0 Å². The fourth-order valence-electron chi connectivity index (χ4n) is 4.47. The monoisotopic (exact) mass is 510 g/mol. The summed E-state index contributed by atoms with van der Waals surface area (Å²) >= 11 is 1.04. The zero-order valence-corrected chi connectivity index (χ0v) is 21.4. The molecule has 186 valence electrons. The molecule has 4 aromatic rings. The smallest absolute Gasteiger partial charge is 0.286 e. The van der Waals surface area contributed by atoms with Gasteiger partial charge in [0, 0.05) is 19.2 Å². The Kier molecular flexibility index (Phi) is 6.97. The largest absolute Gasteiger partial charge is 0.497 e. The Labute approximate surface area is 219 Å². The molecule has 1 aliphatic heterocycles. The molecule has 1 atom stereocenters. The molecular formula is C30H26N2O4S. The zero-order valence-electron chi connectivity index (χ0n) is 20.6. The number of imide groups is 1. The average molecular weight is 511 g/mol. The summed E-state index contributed by atoms with van der Waals surface area (Å²) in [6, 6.07) is 27.7. The number of amides is 3. The lowest BCUT2D eigenvalue weighted by Crippen LogP contribution is -2.26. The van der Waals surface area contributed by atoms with Crippen molar-refractivity contribution in [2.45, 2.75) is 18.2 Å². The number of ether oxygens (including phenoxy) is 1. The van der Waals surface area contributed by atoms with Crippen LogP contribution in [0.15, 0.2) is 84.9 Å². The number of fused-ring (bicyclic) bond motifs is 1. The van der Waals surface area contributed by atoms with Crippen LogP contribution in [0.1, 0.15) is 21.5 Å². The normalized spacial score (nSPS) is 15.0. The summed E-state index contributed by atoms with van der Waals surface area (Å²) in [4.78, 5) is 38.1. The Balaban J connectivity index is 1.26. The van der Waals surface area contributed by atoms with Gasteiger partial charge in [0.2, 0.25) is 5.91 Å². The number of nitrogens with zero attached hydrogens (tertiary/aromatic N) is 1. The lowest BCUT2D eigenvalue weighted by atomic mass is 10.00. The van der Waals surface area contributed by atoms with E-state index in [1.54, 1.807) is 12.0 Å². The Morgan fingerprint density at radius 1 is 0.892 bits per heavy atom. The third-order valence-electron chi connectivity index (χ3n) is 6.46. The minimum Gasteiger partial charge on any atom is -0.497 e. The van der Waals surface area contributed by atoms with Crippen molar-refractivity contribution in [2.75, 3.05) is 14.2 Å². The predicted octanol–water partition coefficient (Wildman–Crippen LogP) is 5.68. The van der Waals surface area contributed by atoms with Gasteiger partial charge >= 0.3 is 0 Å². The second kappa shape index (κ2) is 10.5. The number of thioether (sulfide) groups is 1. The Hall–Kier alpha value is -4.10. The first-order valence-corrected chi connectivity index (χ1v) is 12.8. The zero-order chi connectivity index (χ0) is 25.9. The first-order valence-electron chi connectivity index (χ1n) is 11.9. The van der Waals surface area contributed by atoms with Gasteiger partial charge in [0.25, 0.3) is 11.1 Å². The summed E-state index contributed by atoms with van der Waals surface area (Å²) in [5, 5.41) is 3.68. The van der Waals surface area contributed by atoms with Crippen molar-refractivity contribution >= 4 is 39.6 Å². The SMILES string of the molecule is COc1ccc2cc(C(=O)N(C)Cc3cccc(-c4ccc(CC5SC(=O)NC5=O)cc4)c3)ccc2c1. The summed E-state index contributed by atoms with van der Waals surface area (Å²) in [6.45, 7) is 0.480. The molecule has 0 aromatic heterocycles. The van der Waals surface area contributed by atoms with Gasteiger partial charge in [-0.3, -0.25) is 19.7 Å². The van der Waals surface area contributed by atoms with Crippen molar-refractivity contribution in [3.05, 3.63) is 102 Å². The molecule has 0 saturated carbocycles. The standard InChI is InChI=1S/C30H26N2O4S/c1-32(29(34)25-11-10-24-17-26(36-2)13-12-23(24)16-25)18-20-4-3-5-22(14-20)21-8-6-19(7-9-21)15-27-28(33)31-30(35)37-27/h3-14,16-17,27H,15,18H2,1-2H3,(H,31,33,35). The van der Waals surface area contributed by atoms with Gasteiger partial charge in [-0.2, -0.15) is 0 Å². The third kappa shape index (κ3) is 5.52. The van der Waals surface area contributed by atoms with Crippen molar-refractivity contribution < 1.29 is 19.1 Å². The molecule has 0 bridgehead atoms. The minimum absolute atomic E-state index is 0.0419. The number of carbonyl (C=O) groups excluding carboxylic acids is 3. The van der Waals surface area contributed by atoms with Gasteiger partial charge in [0.15, 0.2) is 0 Å². The van der Waals surface area contributed by atoms with Crippen molar-refractivity contribution in [1.29, 1.82) is 0 Å². The van der Waals surface area contributed by atoms with Gasteiger partial charge in [0.05, 0.1) is 12.4 Å². The van der Waals surface area contributed by atoms with E-state index in [0.29, 0.717) is 18.5 Å². The second-order valence-electron chi connectivity index (χ2n) is 9.07. The Morgan fingerprint density at radius 2 is 1.65 bits per heavy atom. The third-order valence-corrected chi connectivity index (χ3v) is 7.44. The molecule has 0 aliphatic carbocycles. The van der Waals surface area contributed by atoms with Gasteiger partial charge in [-0.1, -0.05) is 66.4 Å². The molecule has 3 amide bonds. The highest BCUT2D eigenvalue weighted by molar-refractivity contribution is 8.15. The quantitative estimate of drug-likeness (QED) is 0.346. The van der Waals surface area contributed by atoms with Gasteiger partial charge < -0.3 is 9.64 Å². The highest BCUT2D eigenvalue weighted by Gasteiger charge is 2.31. The van der Waals surface area contributed by atoms with Crippen LogP contribution in [0.3, 0.4) is 0 Å². The average Bonchev–Trinajstić information content (AvgIpc) is 3.24. The lowest BCUT2D eigenvalue weighted by molar-refractivity contribution is -0.118. The van der Waals surface area contributed by atoms with Gasteiger partial charge in [-0.15, -0.1) is 0 Å². The molecule has 1 fully saturated rings. The molecule has 0 radical (unpaired) electrons. The van der Waals surface area contributed by atoms with Crippen LogP contribution in [0, 0.1) is 0 Å². The topological polar surface area (TPSA) is 75.7 Å². The van der Waals surface area contributed by atoms with Gasteiger partial charge in [-0.05, 0) is 69.8 Å². The number of hydrogen-bond acceptors (Lipinski definition) is 5. The lowest BCUT2D eigenvalue weighted by Gasteiger charge is -2.18. The fraction of sp³-hybridized carbons (Fsp3) is 0.167. The van der Waals surface area contributed by atoms with E-state index in [2.05, 4.69) is 11.4 Å². The Bertz CT molecular complexity index is 1500. The van der Waals surface area contributed by atoms with Gasteiger partial charge in [-0.25, -0.2) is 0 Å². The van der Waals surface area contributed by atoms with Crippen LogP contribution in [0.2, 0.25) is 0 Å². The van der Waals surface area contributed by atoms with Crippen LogP contribution in [0.4, 0.5) is 4.79 Å². The fourth-order valence-corrected chi connectivity index (χ4v) is 5.33. The Morgan fingerprint density at radius 3 is 2.38 bits per heavy atom. The van der Waals surface area contributed by atoms with Gasteiger partial charge in [0.1, 0.15) is 5.75 Å². The van der Waals surface area contributed by atoms with E-state index in [-0.39, 0.29) is 22.3 Å². The van der Waals surface area contributed by atoms with Crippen LogP contribution in [-0.2, 0) is 17.8 Å². The molecule has 1 aliphatic rings. The summed E-state index contributed by atoms with van der Waals surface area (Å²) < 4.78 is 5.28. The number of nitrogens with one attached hydrogen (secondary N) is 1. The number of rotatable bonds is 7. The summed E-state index contributed by atoms with van der Waals surface area (Å²) in [5.41, 5.74) is 4.77. The molecule has 5 rings (SSSR count). The van der Waals surface area contributed by atoms with Crippen LogP contribution >= 0.6 is 11.8 Å². The van der Waals surface area contributed by atoms with E-state index in [9.17, 15) is 14.4 Å². The molecule has 7 heteroatoms. The summed E-state index contributed by atoms with van der Waals surface area (Å²) in [6.07, 6.45) is 0.512. The number of carbonyl (C=O) groups is 3. The maximum absolute atomic E-state index is 13.1. The molecular weight excluding hydrogens is 484 g/mol. The molecule has 1 unspecified atom stereocenters. The van der Waals surface area contributed by atoms with E-state index in [1.807, 2.05) is 85.9 Å². The van der Waals surface area contributed by atoms with Crippen LogP contribution in [0.5, 0.6) is 5.75 Å². The molecule has 1 N–H and O–H groups in total. The number of hydrogen-bond donors (Lipinski definition) is 1. The molecule has 1 heterocycles. The van der Waals surface area contributed by atoms with Crippen molar-refractivity contribution in [1.82, 2.24) is 10.2 Å². The first-order chi connectivity index (χ1) is 17.9. The number of methoxy groups -OCH3 is 1. The van der Waals surface area contributed by atoms with Crippen LogP contribution < -0.4 is 10.1 Å². The van der Waals surface area contributed by atoms with E-state index in [0.717, 1.165) is 50.5 Å². The van der Waals surface area contributed by atoms with E-state index in [4.69, 9.17) is 4.74 Å². The van der Waals surface area contributed by atoms with Crippen LogP contribution in [-0.4, -0.2) is 41.4 Å². The highest BCUT2D eigenvalue weighted by atomic mass is 32.2. The molecule has 4 aromatic carbocycles. The first kappa shape index (κ1) is 24.6. The highest BCUT2D eigenvalue weighted by Crippen LogP contribution is 2.26. The maximum Gasteiger partial charge on any atom is 0.286 e. The minimum atomic E-state index is -0.375. The van der Waals surface area contributed by atoms with Crippen LogP contribution in [0.25, 0.3) is 21.9 Å². The summed E-state index contributed by atoms with van der Waals surface area (Å²) in [5.74, 6) is 0.518.